The van der Waals surface area contributed by atoms with Gasteiger partial charge in [0.25, 0.3) is 0 Å². The molecule has 1 aliphatic heterocycles. The summed E-state index contributed by atoms with van der Waals surface area (Å²) in [4.78, 5) is 3.04. The van der Waals surface area contributed by atoms with Crippen LogP contribution in [0, 0.1) is 0 Å². The third-order valence-corrected chi connectivity index (χ3v) is 2.51. The molecule has 4 nitrogen and oxygen atoms in total. The lowest BCUT2D eigenvalue weighted by atomic mass is 10.3. The van der Waals surface area contributed by atoms with E-state index >= 15 is 0 Å². The van der Waals surface area contributed by atoms with E-state index < -0.39 is 0 Å². The highest BCUT2D eigenvalue weighted by Gasteiger charge is 1.93. The summed E-state index contributed by atoms with van der Waals surface area (Å²) < 4.78 is 0. The van der Waals surface area contributed by atoms with E-state index in [-0.39, 0.29) is 0 Å². The lowest BCUT2D eigenvalue weighted by Gasteiger charge is -2.11. The van der Waals surface area contributed by atoms with E-state index in [0.717, 1.165) is 37.5 Å². The molecule has 1 aromatic heterocycles. The van der Waals surface area contributed by atoms with E-state index in [9.17, 15) is 0 Å². The van der Waals surface area contributed by atoms with Crippen molar-refractivity contribution in [3.8, 4) is 0 Å². The number of rotatable bonds is 0. The number of hydrogen-bond acceptors (Lipinski definition) is 3. The van der Waals surface area contributed by atoms with Crippen molar-refractivity contribution < 1.29 is 0 Å². The predicted octanol–water partition coefficient (Wildman–Crippen LogP) is 0.929. The quantitative estimate of drug-likeness (QED) is 0.532. The van der Waals surface area contributed by atoms with Crippen molar-refractivity contribution in [3.63, 3.8) is 0 Å². The van der Waals surface area contributed by atoms with Crippen molar-refractivity contribution in [1.29, 1.82) is 0 Å². The SMILES string of the molecule is C1CNCCN1.Nc1cc2ccccc2[nH]1. The van der Waals surface area contributed by atoms with Crippen molar-refractivity contribution in [2.45, 2.75) is 0 Å². The second-order valence-corrected chi connectivity index (χ2v) is 3.81. The first-order valence-electron chi connectivity index (χ1n) is 5.61. The summed E-state index contributed by atoms with van der Waals surface area (Å²) >= 11 is 0. The van der Waals surface area contributed by atoms with Crippen molar-refractivity contribution in [2.75, 3.05) is 31.9 Å². The molecule has 0 atom stereocenters. The zero-order chi connectivity index (χ0) is 11.2. The first kappa shape index (κ1) is 11.0. The second-order valence-electron chi connectivity index (χ2n) is 3.81. The minimum atomic E-state index is 0.723. The molecule has 2 aromatic rings. The van der Waals surface area contributed by atoms with E-state index in [2.05, 4.69) is 15.6 Å². The number of nitrogens with two attached hydrogens (primary N) is 1. The average molecular weight is 218 g/mol. The Hall–Kier alpha value is -1.52. The number of hydrogen-bond donors (Lipinski definition) is 4. The molecule has 1 aliphatic rings. The number of H-pyrrole nitrogens is 1. The fourth-order valence-corrected chi connectivity index (χ4v) is 1.70. The zero-order valence-electron chi connectivity index (χ0n) is 9.29. The Morgan fingerprint density at radius 3 is 2.12 bits per heavy atom. The van der Waals surface area contributed by atoms with Gasteiger partial charge in [0.2, 0.25) is 0 Å². The number of aromatic amines is 1. The number of piperazine rings is 1. The molecule has 1 aromatic carbocycles. The fraction of sp³-hybridized carbons (Fsp3) is 0.333. The first-order chi connectivity index (χ1) is 7.86. The van der Waals surface area contributed by atoms with Crippen LogP contribution in [0.5, 0.6) is 0 Å². The van der Waals surface area contributed by atoms with Crippen LogP contribution in [0.1, 0.15) is 0 Å². The molecule has 1 fully saturated rings. The molecule has 0 spiro atoms. The van der Waals surface area contributed by atoms with Gasteiger partial charge in [-0.2, -0.15) is 0 Å². The van der Waals surface area contributed by atoms with Crippen LogP contribution < -0.4 is 16.4 Å². The molecule has 0 aliphatic carbocycles. The molecule has 86 valence electrons. The maximum atomic E-state index is 5.54. The number of aromatic nitrogens is 1. The van der Waals surface area contributed by atoms with E-state index in [1.807, 2.05) is 30.3 Å². The van der Waals surface area contributed by atoms with Gasteiger partial charge in [0.1, 0.15) is 5.82 Å². The van der Waals surface area contributed by atoms with Gasteiger partial charge in [-0.3, -0.25) is 0 Å². The summed E-state index contributed by atoms with van der Waals surface area (Å²) in [6.07, 6.45) is 0. The Morgan fingerprint density at radius 2 is 1.56 bits per heavy atom. The monoisotopic (exact) mass is 218 g/mol. The molecule has 1 saturated heterocycles. The molecule has 2 heterocycles. The molecule has 4 heteroatoms. The van der Waals surface area contributed by atoms with Crippen molar-refractivity contribution in [3.05, 3.63) is 30.3 Å². The third-order valence-electron chi connectivity index (χ3n) is 2.51. The highest BCUT2D eigenvalue weighted by atomic mass is 15.0. The summed E-state index contributed by atoms with van der Waals surface area (Å²) in [6.45, 7) is 4.56. The number of fused-ring (bicyclic) bond motifs is 1. The normalized spacial score (nSPS) is 15.5. The number of para-hydroxylation sites is 1. The second kappa shape index (κ2) is 5.53. The largest absolute Gasteiger partial charge is 0.385 e. The molecule has 0 bridgehead atoms. The third kappa shape index (κ3) is 2.98. The molecule has 16 heavy (non-hydrogen) atoms. The average Bonchev–Trinajstić information content (AvgIpc) is 2.72. The Morgan fingerprint density at radius 1 is 0.938 bits per heavy atom. The van der Waals surface area contributed by atoms with Crippen LogP contribution in [0.4, 0.5) is 5.82 Å². The van der Waals surface area contributed by atoms with Gasteiger partial charge in [-0.1, -0.05) is 18.2 Å². The lowest BCUT2D eigenvalue weighted by Crippen LogP contribution is -2.39. The fourth-order valence-electron chi connectivity index (χ4n) is 1.70. The summed E-state index contributed by atoms with van der Waals surface area (Å²) in [7, 11) is 0. The highest BCUT2D eigenvalue weighted by molar-refractivity contribution is 5.82. The summed E-state index contributed by atoms with van der Waals surface area (Å²) in [5.41, 5.74) is 6.63. The maximum Gasteiger partial charge on any atom is 0.101 e. The molecule has 0 unspecified atom stereocenters. The Kier molecular flexibility index (Phi) is 3.80. The molecule has 3 rings (SSSR count). The van der Waals surface area contributed by atoms with Crippen LogP contribution in [0.3, 0.4) is 0 Å². The van der Waals surface area contributed by atoms with Crippen LogP contribution in [-0.4, -0.2) is 31.2 Å². The van der Waals surface area contributed by atoms with Gasteiger partial charge in [-0.25, -0.2) is 0 Å². The van der Waals surface area contributed by atoms with Gasteiger partial charge in [0.05, 0.1) is 0 Å². The molecule has 0 amide bonds. The van der Waals surface area contributed by atoms with Gasteiger partial charge in [0.15, 0.2) is 0 Å². The molecule has 5 N–H and O–H groups in total. The number of benzene rings is 1. The summed E-state index contributed by atoms with van der Waals surface area (Å²) in [5, 5.41) is 7.61. The lowest BCUT2D eigenvalue weighted by molar-refractivity contribution is 0.534. The van der Waals surface area contributed by atoms with Gasteiger partial charge in [-0.15, -0.1) is 0 Å². The Balaban J connectivity index is 0.000000138. The van der Waals surface area contributed by atoms with E-state index in [4.69, 9.17) is 5.73 Å². The number of nitrogen functional groups attached to an aromatic ring is 1. The van der Waals surface area contributed by atoms with Gasteiger partial charge >= 0.3 is 0 Å². The van der Waals surface area contributed by atoms with Crippen LogP contribution in [0.15, 0.2) is 30.3 Å². The van der Waals surface area contributed by atoms with Crippen LogP contribution in [0.2, 0.25) is 0 Å². The van der Waals surface area contributed by atoms with Crippen molar-refractivity contribution in [1.82, 2.24) is 15.6 Å². The van der Waals surface area contributed by atoms with Crippen LogP contribution >= 0.6 is 0 Å². The van der Waals surface area contributed by atoms with Gasteiger partial charge < -0.3 is 21.4 Å². The van der Waals surface area contributed by atoms with Crippen LogP contribution in [0.25, 0.3) is 10.9 Å². The van der Waals surface area contributed by atoms with Crippen molar-refractivity contribution >= 4 is 16.7 Å². The first-order valence-corrected chi connectivity index (χ1v) is 5.61. The van der Waals surface area contributed by atoms with Gasteiger partial charge in [-0.05, 0) is 12.1 Å². The predicted molar refractivity (Wildman–Crippen MR) is 68.5 cm³/mol. The standard InChI is InChI=1S/C8H8N2.C4H10N2/c9-8-5-6-3-1-2-4-7(6)10-8;1-2-6-4-3-5-1/h1-5,10H,9H2;5-6H,1-4H2. The Labute approximate surface area is 95.2 Å². The number of anilines is 1. The molecular formula is C12H18N4. The Bertz CT molecular complexity index is 387. The minimum Gasteiger partial charge on any atom is -0.385 e. The van der Waals surface area contributed by atoms with E-state index in [1.54, 1.807) is 0 Å². The highest BCUT2D eigenvalue weighted by Crippen LogP contribution is 2.14. The topological polar surface area (TPSA) is 65.9 Å². The summed E-state index contributed by atoms with van der Waals surface area (Å²) in [5.74, 6) is 0.723. The smallest absolute Gasteiger partial charge is 0.101 e. The zero-order valence-corrected chi connectivity index (χ0v) is 9.29. The van der Waals surface area contributed by atoms with E-state index in [1.165, 1.54) is 5.39 Å². The summed E-state index contributed by atoms with van der Waals surface area (Å²) in [6, 6.07) is 9.94. The van der Waals surface area contributed by atoms with E-state index in [0.29, 0.717) is 0 Å². The van der Waals surface area contributed by atoms with Crippen molar-refractivity contribution in [2.24, 2.45) is 0 Å². The maximum absolute atomic E-state index is 5.54. The molecular weight excluding hydrogens is 200 g/mol. The van der Waals surface area contributed by atoms with Gasteiger partial charge in [0, 0.05) is 37.1 Å². The molecule has 0 saturated carbocycles. The van der Waals surface area contributed by atoms with Crippen LogP contribution in [-0.2, 0) is 0 Å². The number of nitrogens with one attached hydrogen (secondary N) is 3. The minimum absolute atomic E-state index is 0.723. The molecule has 0 radical (unpaired) electrons.